The van der Waals surface area contributed by atoms with Crippen LogP contribution >= 0.6 is 11.3 Å². The Labute approximate surface area is 180 Å². The lowest BCUT2D eigenvalue weighted by Crippen LogP contribution is -2.33. The van der Waals surface area contributed by atoms with E-state index in [1.165, 1.54) is 5.56 Å². The maximum absolute atomic E-state index is 12.6. The number of fused-ring (bicyclic) bond motifs is 1. The van der Waals surface area contributed by atoms with Crippen molar-refractivity contribution in [2.24, 2.45) is 13.0 Å². The van der Waals surface area contributed by atoms with E-state index in [-0.39, 0.29) is 12.0 Å². The van der Waals surface area contributed by atoms with Gasteiger partial charge in [-0.15, -0.1) is 0 Å². The van der Waals surface area contributed by atoms with Gasteiger partial charge in [0, 0.05) is 51.9 Å². The highest BCUT2D eigenvalue weighted by Crippen LogP contribution is 2.26. The zero-order chi connectivity index (χ0) is 22.6. The monoisotopic (exact) mass is 460 g/mol. The Kier molecular flexibility index (Phi) is 7.34. The van der Waals surface area contributed by atoms with Crippen molar-refractivity contribution >= 4 is 23.2 Å². The Morgan fingerprint density at radius 3 is 2.65 bits per heavy atom. The molecule has 2 atom stereocenters. The van der Waals surface area contributed by atoms with Gasteiger partial charge in [-0.2, -0.15) is 29.6 Å². The maximum Gasteiger partial charge on any atom is 0.490 e. The van der Waals surface area contributed by atoms with Gasteiger partial charge in [-0.1, -0.05) is 0 Å². The van der Waals surface area contributed by atoms with E-state index < -0.39 is 12.1 Å². The lowest BCUT2D eigenvalue weighted by molar-refractivity contribution is -0.192. The number of aromatic nitrogens is 2. The Balaban J connectivity index is 0.000000339. The summed E-state index contributed by atoms with van der Waals surface area (Å²) in [4.78, 5) is 25.9. The van der Waals surface area contributed by atoms with Crippen molar-refractivity contribution in [3.8, 4) is 0 Å². The number of halogens is 3. The zero-order valence-corrected chi connectivity index (χ0v) is 17.6. The maximum atomic E-state index is 12.6. The summed E-state index contributed by atoms with van der Waals surface area (Å²) in [5.74, 6) is -2.32. The molecule has 170 valence electrons. The minimum Gasteiger partial charge on any atom is -0.475 e. The fraction of sp³-hybridized carbons (Fsp3) is 0.526. The van der Waals surface area contributed by atoms with Crippen LogP contribution in [-0.2, 0) is 23.1 Å². The van der Waals surface area contributed by atoms with Gasteiger partial charge in [-0.3, -0.25) is 14.4 Å². The zero-order valence-electron chi connectivity index (χ0n) is 16.8. The standard InChI is InChI=1S/C17H22N4O2S.C2HF3O2/c1-19-8-14(6-18-19)17(22)21-10-15-9-20(3-4-23-16(15)11-21)7-13-2-5-24-12-13;3-2(4,5)1(6)7/h2,5-6,8,12,15-16H,3-4,7,9-11H2,1H3;(H,6,7)/t15-,16+;/m0./s1. The van der Waals surface area contributed by atoms with Gasteiger partial charge < -0.3 is 14.7 Å². The molecule has 0 unspecified atom stereocenters. The molecule has 0 spiro atoms. The van der Waals surface area contributed by atoms with Crippen LogP contribution < -0.4 is 0 Å². The number of rotatable bonds is 3. The topological polar surface area (TPSA) is 87.9 Å². The Hall–Kier alpha value is -2.44. The van der Waals surface area contributed by atoms with Crippen molar-refractivity contribution in [2.75, 3.05) is 32.8 Å². The molecule has 31 heavy (non-hydrogen) atoms. The van der Waals surface area contributed by atoms with E-state index >= 15 is 0 Å². The molecule has 0 bridgehead atoms. The lowest BCUT2D eigenvalue weighted by Gasteiger charge is -2.22. The van der Waals surface area contributed by atoms with Gasteiger partial charge >= 0.3 is 12.1 Å². The van der Waals surface area contributed by atoms with Crippen molar-refractivity contribution in [1.29, 1.82) is 0 Å². The van der Waals surface area contributed by atoms with Crippen LogP contribution in [-0.4, -0.2) is 81.6 Å². The van der Waals surface area contributed by atoms with Gasteiger partial charge in [-0.05, 0) is 22.4 Å². The third-order valence-electron chi connectivity index (χ3n) is 5.08. The highest BCUT2D eigenvalue weighted by Gasteiger charge is 2.39. The van der Waals surface area contributed by atoms with Crippen molar-refractivity contribution in [3.63, 3.8) is 0 Å². The van der Waals surface area contributed by atoms with Crippen LogP contribution in [0.15, 0.2) is 29.2 Å². The quantitative estimate of drug-likeness (QED) is 0.755. The summed E-state index contributed by atoms with van der Waals surface area (Å²) in [6.45, 7) is 5.09. The predicted octanol–water partition coefficient (Wildman–Crippen LogP) is 2.09. The van der Waals surface area contributed by atoms with Crippen molar-refractivity contribution in [3.05, 3.63) is 40.3 Å². The number of amides is 1. The molecule has 2 aromatic rings. The summed E-state index contributed by atoms with van der Waals surface area (Å²) in [7, 11) is 1.83. The molecule has 12 heteroatoms. The third-order valence-corrected chi connectivity index (χ3v) is 5.81. The molecule has 2 fully saturated rings. The third kappa shape index (κ3) is 6.28. The molecule has 0 aliphatic carbocycles. The first-order valence-electron chi connectivity index (χ1n) is 9.56. The van der Waals surface area contributed by atoms with Crippen molar-refractivity contribution in [1.82, 2.24) is 19.6 Å². The first-order chi connectivity index (χ1) is 14.6. The largest absolute Gasteiger partial charge is 0.490 e. The fourth-order valence-electron chi connectivity index (χ4n) is 3.63. The molecule has 4 rings (SSSR count). The molecule has 0 saturated carbocycles. The van der Waals surface area contributed by atoms with Crippen LogP contribution in [0.4, 0.5) is 13.2 Å². The van der Waals surface area contributed by atoms with Crippen LogP contribution in [0.1, 0.15) is 15.9 Å². The van der Waals surface area contributed by atoms with Gasteiger partial charge in [0.2, 0.25) is 0 Å². The number of likely N-dealkylation sites (tertiary alicyclic amines) is 1. The lowest BCUT2D eigenvalue weighted by atomic mass is 10.1. The van der Waals surface area contributed by atoms with Gasteiger partial charge in [0.1, 0.15) is 0 Å². The van der Waals surface area contributed by atoms with Crippen LogP contribution in [0.3, 0.4) is 0 Å². The summed E-state index contributed by atoms with van der Waals surface area (Å²) < 4.78 is 39.4. The van der Waals surface area contributed by atoms with E-state index in [2.05, 4.69) is 26.8 Å². The Morgan fingerprint density at radius 2 is 2.06 bits per heavy atom. The number of ether oxygens (including phenoxy) is 1. The second-order valence-electron chi connectivity index (χ2n) is 7.45. The highest BCUT2D eigenvalue weighted by molar-refractivity contribution is 7.07. The predicted molar refractivity (Wildman–Crippen MR) is 106 cm³/mol. The minimum atomic E-state index is -5.08. The summed E-state index contributed by atoms with van der Waals surface area (Å²) >= 11 is 1.74. The molecule has 0 aromatic carbocycles. The second kappa shape index (κ2) is 9.79. The summed E-state index contributed by atoms with van der Waals surface area (Å²) in [6, 6.07) is 2.18. The summed E-state index contributed by atoms with van der Waals surface area (Å²) in [5, 5.41) is 15.6. The molecular weight excluding hydrogens is 437 g/mol. The smallest absolute Gasteiger partial charge is 0.475 e. The number of aliphatic carboxylic acids is 1. The molecule has 2 aromatic heterocycles. The minimum absolute atomic E-state index is 0.0594. The number of hydrogen-bond donors (Lipinski definition) is 1. The number of carboxylic acid groups (broad SMARTS) is 1. The van der Waals surface area contributed by atoms with E-state index in [1.807, 2.05) is 11.9 Å². The Bertz CT molecular complexity index is 887. The number of nitrogens with zero attached hydrogens (tertiary/aromatic N) is 4. The summed E-state index contributed by atoms with van der Waals surface area (Å²) in [6.07, 6.45) is -1.52. The average Bonchev–Trinajstić information content (AvgIpc) is 3.41. The van der Waals surface area contributed by atoms with Crippen molar-refractivity contribution < 1.29 is 32.6 Å². The number of alkyl halides is 3. The van der Waals surface area contributed by atoms with Crippen LogP contribution in [0, 0.1) is 5.92 Å². The van der Waals surface area contributed by atoms with Crippen LogP contribution in [0.25, 0.3) is 0 Å². The van der Waals surface area contributed by atoms with E-state index in [4.69, 9.17) is 14.6 Å². The first kappa shape index (κ1) is 23.2. The normalized spacial score (nSPS) is 21.7. The number of carbonyl (C=O) groups excluding carboxylic acids is 1. The molecule has 2 saturated heterocycles. The number of carbonyl (C=O) groups is 2. The van der Waals surface area contributed by atoms with Gasteiger partial charge in [-0.25, -0.2) is 4.79 Å². The molecule has 0 radical (unpaired) electrons. The van der Waals surface area contributed by atoms with Crippen LogP contribution in [0.2, 0.25) is 0 Å². The Morgan fingerprint density at radius 1 is 1.32 bits per heavy atom. The average molecular weight is 460 g/mol. The highest BCUT2D eigenvalue weighted by atomic mass is 32.1. The van der Waals surface area contributed by atoms with E-state index in [1.54, 1.807) is 28.4 Å². The molecule has 1 N–H and O–H groups in total. The van der Waals surface area contributed by atoms with E-state index in [0.717, 1.165) is 32.8 Å². The molecule has 1 amide bonds. The molecule has 4 heterocycles. The number of aryl methyl sites for hydroxylation is 1. The van der Waals surface area contributed by atoms with Gasteiger partial charge in [0.15, 0.2) is 0 Å². The number of carboxylic acids is 1. The first-order valence-corrected chi connectivity index (χ1v) is 10.5. The fourth-order valence-corrected chi connectivity index (χ4v) is 4.29. The molecule has 2 aliphatic rings. The molecule has 2 aliphatic heterocycles. The van der Waals surface area contributed by atoms with E-state index in [9.17, 15) is 18.0 Å². The number of hydrogen-bond acceptors (Lipinski definition) is 6. The number of thiophene rings is 1. The molecular formula is C19H23F3N4O4S. The van der Waals surface area contributed by atoms with E-state index in [0.29, 0.717) is 18.0 Å². The second-order valence-corrected chi connectivity index (χ2v) is 8.23. The van der Waals surface area contributed by atoms with Crippen LogP contribution in [0.5, 0.6) is 0 Å². The SMILES string of the molecule is Cn1cc(C(=O)N2C[C@@H]3CN(Cc4ccsc4)CCO[C@@H]3C2)cn1.O=C(O)C(F)(F)F. The van der Waals surface area contributed by atoms with Gasteiger partial charge in [0.05, 0.1) is 24.5 Å². The van der Waals surface area contributed by atoms with Gasteiger partial charge in [0.25, 0.3) is 5.91 Å². The molecule has 8 nitrogen and oxygen atoms in total. The van der Waals surface area contributed by atoms with Crippen molar-refractivity contribution in [2.45, 2.75) is 18.8 Å². The summed E-state index contributed by atoms with van der Waals surface area (Å²) in [5.41, 5.74) is 2.02.